The molecule has 172 valence electrons. The third-order valence-electron chi connectivity index (χ3n) is 5.38. The zero-order chi connectivity index (χ0) is 24.4. The van der Waals surface area contributed by atoms with Gasteiger partial charge in [0.15, 0.2) is 0 Å². The van der Waals surface area contributed by atoms with Crippen molar-refractivity contribution in [3.63, 3.8) is 0 Å². The highest BCUT2D eigenvalue weighted by Crippen LogP contribution is 2.29. The number of nitrogens with zero attached hydrogens (tertiary/aromatic N) is 3. The van der Waals surface area contributed by atoms with Crippen LogP contribution in [0.2, 0.25) is 0 Å². The Morgan fingerprint density at radius 1 is 0.971 bits per heavy atom. The molecule has 9 nitrogen and oxygen atoms in total. The van der Waals surface area contributed by atoms with Gasteiger partial charge >= 0.3 is 5.69 Å². The lowest BCUT2D eigenvalue weighted by atomic mass is 10.1. The number of amides is 2. The first-order valence-electron chi connectivity index (χ1n) is 10.7. The number of nitrogens with one attached hydrogen (secondary N) is 2. The van der Waals surface area contributed by atoms with Gasteiger partial charge in [-0.2, -0.15) is 0 Å². The second-order valence-corrected chi connectivity index (χ2v) is 7.95. The van der Waals surface area contributed by atoms with Crippen LogP contribution in [0.5, 0.6) is 0 Å². The summed E-state index contributed by atoms with van der Waals surface area (Å²) in [4.78, 5) is 59.4. The van der Waals surface area contributed by atoms with E-state index in [2.05, 4.69) is 15.3 Å². The molecule has 0 bridgehead atoms. The van der Waals surface area contributed by atoms with Gasteiger partial charge in [-0.3, -0.25) is 28.8 Å². The van der Waals surface area contributed by atoms with Crippen molar-refractivity contribution in [2.24, 2.45) is 0 Å². The lowest BCUT2D eigenvalue weighted by Crippen LogP contribution is -2.36. The van der Waals surface area contributed by atoms with Crippen LogP contribution in [0.4, 0.5) is 11.4 Å². The van der Waals surface area contributed by atoms with Crippen molar-refractivity contribution in [3.8, 4) is 0 Å². The number of benzene rings is 2. The molecule has 0 spiro atoms. The molecule has 4 rings (SSSR count). The molecule has 2 N–H and O–H groups in total. The SMILES string of the molecule is CNC(=O)c1cncc(N(C(=O)c2ccccc2)c2ccc3c(=O)n(C(C)C)c(=O)[nH]c3c2)c1. The Hall–Kier alpha value is -4.53. The molecule has 0 saturated carbocycles. The van der Waals surface area contributed by atoms with Gasteiger partial charge in [-0.05, 0) is 50.2 Å². The number of anilines is 2. The quantitative estimate of drug-likeness (QED) is 0.478. The van der Waals surface area contributed by atoms with E-state index in [4.69, 9.17) is 0 Å². The maximum Gasteiger partial charge on any atom is 0.329 e. The van der Waals surface area contributed by atoms with Crippen LogP contribution in [-0.4, -0.2) is 33.4 Å². The summed E-state index contributed by atoms with van der Waals surface area (Å²) in [7, 11) is 1.51. The van der Waals surface area contributed by atoms with Gasteiger partial charge in [-0.15, -0.1) is 0 Å². The predicted octanol–water partition coefficient (Wildman–Crippen LogP) is 3.00. The molecule has 0 aliphatic rings. The monoisotopic (exact) mass is 457 g/mol. The van der Waals surface area contributed by atoms with Crippen molar-refractivity contribution in [2.45, 2.75) is 19.9 Å². The molecule has 0 aliphatic heterocycles. The number of aromatic nitrogens is 3. The second kappa shape index (κ2) is 9.14. The lowest BCUT2D eigenvalue weighted by molar-refractivity contribution is 0.0959. The lowest BCUT2D eigenvalue weighted by Gasteiger charge is -2.24. The number of hydrogen-bond donors (Lipinski definition) is 2. The van der Waals surface area contributed by atoms with Gasteiger partial charge in [0.25, 0.3) is 17.4 Å². The molecule has 2 amide bonds. The number of fused-ring (bicyclic) bond motifs is 1. The minimum absolute atomic E-state index is 0.278. The summed E-state index contributed by atoms with van der Waals surface area (Å²) in [5.41, 5.74) is 0.794. The summed E-state index contributed by atoms with van der Waals surface area (Å²) < 4.78 is 1.14. The number of rotatable bonds is 5. The molecule has 0 radical (unpaired) electrons. The third-order valence-corrected chi connectivity index (χ3v) is 5.38. The van der Waals surface area contributed by atoms with Crippen molar-refractivity contribution >= 4 is 34.1 Å². The Morgan fingerprint density at radius 3 is 2.38 bits per heavy atom. The molecular formula is C25H23N5O4. The summed E-state index contributed by atoms with van der Waals surface area (Å²) in [6.07, 6.45) is 2.87. The molecule has 2 aromatic carbocycles. The van der Waals surface area contributed by atoms with E-state index in [1.54, 1.807) is 68.4 Å². The molecule has 0 fully saturated rings. The molecule has 2 heterocycles. The topological polar surface area (TPSA) is 117 Å². The van der Waals surface area contributed by atoms with E-state index in [0.717, 1.165) is 4.57 Å². The number of carbonyl (C=O) groups is 2. The van der Waals surface area contributed by atoms with E-state index in [9.17, 15) is 19.2 Å². The molecule has 0 unspecified atom stereocenters. The molecule has 0 atom stereocenters. The van der Waals surface area contributed by atoms with Gasteiger partial charge in [0.1, 0.15) is 0 Å². The minimum atomic E-state index is -0.533. The first kappa shape index (κ1) is 22.7. The summed E-state index contributed by atoms with van der Waals surface area (Å²) in [6.45, 7) is 3.51. The Kier molecular flexibility index (Phi) is 6.09. The highest BCUT2D eigenvalue weighted by molar-refractivity contribution is 6.12. The maximum atomic E-state index is 13.6. The van der Waals surface area contributed by atoms with E-state index in [1.807, 2.05) is 0 Å². The Balaban J connectivity index is 1.93. The van der Waals surface area contributed by atoms with Gasteiger partial charge in [-0.1, -0.05) is 18.2 Å². The number of pyridine rings is 1. The Labute approximate surface area is 194 Å². The average molecular weight is 457 g/mol. The summed E-state index contributed by atoms with van der Waals surface area (Å²) in [6, 6.07) is 14.7. The van der Waals surface area contributed by atoms with Crippen molar-refractivity contribution < 1.29 is 9.59 Å². The fourth-order valence-corrected chi connectivity index (χ4v) is 3.74. The summed E-state index contributed by atoms with van der Waals surface area (Å²) in [5, 5.41) is 2.86. The molecule has 34 heavy (non-hydrogen) atoms. The zero-order valence-corrected chi connectivity index (χ0v) is 18.9. The normalized spacial score (nSPS) is 10.9. The van der Waals surface area contributed by atoms with Crippen molar-refractivity contribution in [1.29, 1.82) is 0 Å². The number of H-pyrrole nitrogens is 1. The van der Waals surface area contributed by atoms with E-state index in [1.165, 1.54) is 24.3 Å². The van der Waals surface area contributed by atoms with Crippen LogP contribution in [0.15, 0.2) is 76.6 Å². The fourth-order valence-electron chi connectivity index (χ4n) is 3.74. The van der Waals surface area contributed by atoms with Crippen LogP contribution < -0.4 is 21.5 Å². The fraction of sp³-hybridized carbons (Fsp3) is 0.160. The smallest absolute Gasteiger partial charge is 0.329 e. The van der Waals surface area contributed by atoms with Gasteiger partial charge in [0.2, 0.25) is 0 Å². The molecule has 0 saturated heterocycles. The zero-order valence-electron chi connectivity index (χ0n) is 18.9. The first-order chi connectivity index (χ1) is 16.3. The van der Waals surface area contributed by atoms with Crippen molar-refractivity contribution in [2.75, 3.05) is 11.9 Å². The van der Waals surface area contributed by atoms with Crippen LogP contribution in [-0.2, 0) is 0 Å². The van der Waals surface area contributed by atoms with Crippen LogP contribution >= 0.6 is 0 Å². The molecule has 2 aromatic heterocycles. The first-order valence-corrected chi connectivity index (χ1v) is 10.7. The second-order valence-electron chi connectivity index (χ2n) is 7.95. The van der Waals surface area contributed by atoms with Crippen molar-refractivity contribution in [3.05, 3.63) is 99.0 Å². The van der Waals surface area contributed by atoms with E-state index in [-0.39, 0.29) is 23.4 Å². The molecule has 0 aliphatic carbocycles. The van der Waals surface area contributed by atoms with E-state index >= 15 is 0 Å². The van der Waals surface area contributed by atoms with Gasteiger partial charge in [0, 0.05) is 24.8 Å². The standard InChI is InChI=1S/C25H23N5O4/c1-15(2)29-24(33)20-10-9-18(12-21(20)28-25(29)34)30(23(32)16-7-5-4-6-8-16)19-11-17(13-27-14-19)22(31)26-3/h4-15H,1-3H3,(H,26,31)(H,28,34). The average Bonchev–Trinajstić information content (AvgIpc) is 2.84. The highest BCUT2D eigenvalue weighted by atomic mass is 16.2. The number of aromatic amines is 1. The molecule has 9 heteroatoms. The third kappa shape index (κ3) is 4.11. The number of hydrogen-bond acceptors (Lipinski definition) is 5. The Bertz CT molecular complexity index is 1510. The van der Waals surface area contributed by atoms with Crippen LogP contribution in [0.1, 0.15) is 40.6 Å². The van der Waals surface area contributed by atoms with Crippen LogP contribution in [0, 0.1) is 0 Å². The minimum Gasteiger partial charge on any atom is -0.355 e. The predicted molar refractivity (Wildman–Crippen MR) is 130 cm³/mol. The molecule has 4 aromatic rings. The van der Waals surface area contributed by atoms with Crippen LogP contribution in [0.3, 0.4) is 0 Å². The Morgan fingerprint density at radius 2 is 1.71 bits per heavy atom. The number of carbonyl (C=O) groups excluding carboxylic acids is 2. The van der Waals surface area contributed by atoms with Crippen LogP contribution in [0.25, 0.3) is 10.9 Å². The summed E-state index contributed by atoms with van der Waals surface area (Å²) in [5.74, 6) is -0.716. The van der Waals surface area contributed by atoms with Crippen molar-refractivity contribution in [1.82, 2.24) is 19.9 Å². The van der Waals surface area contributed by atoms with Gasteiger partial charge in [0.05, 0.1) is 34.0 Å². The summed E-state index contributed by atoms with van der Waals surface area (Å²) >= 11 is 0. The van der Waals surface area contributed by atoms with E-state index < -0.39 is 11.2 Å². The maximum absolute atomic E-state index is 13.6. The van der Waals surface area contributed by atoms with Gasteiger partial charge < -0.3 is 10.3 Å². The molecular weight excluding hydrogens is 434 g/mol. The van der Waals surface area contributed by atoms with Gasteiger partial charge in [-0.25, -0.2) is 4.79 Å². The van der Waals surface area contributed by atoms with E-state index in [0.29, 0.717) is 27.8 Å². The largest absolute Gasteiger partial charge is 0.355 e. The highest BCUT2D eigenvalue weighted by Gasteiger charge is 2.22.